The van der Waals surface area contributed by atoms with E-state index in [1.165, 1.54) is 19.6 Å². The third-order valence-corrected chi connectivity index (χ3v) is 18.8. The molecule has 6 aliphatic heterocycles. The van der Waals surface area contributed by atoms with Crippen molar-refractivity contribution in [3.05, 3.63) is 218 Å². The van der Waals surface area contributed by atoms with Crippen molar-refractivity contribution in [3.63, 3.8) is 0 Å². The van der Waals surface area contributed by atoms with Crippen LogP contribution in [0.1, 0.15) is 0 Å². The molecule has 9 heteroatoms. The van der Waals surface area contributed by atoms with Crippen LogP contribution >= 0.6 is 10.0 Å². The van der Waals surface area contributed by atoms with Crippen LogP contribution in [0.15, 0.2) is 238 Å². The Balaban J connectivity index is 0.904. The van der Waals surface area contributed by atoms with Gasteiger partial charge in [0.15, 0.2) is 0 Å². The van der Waals surface area contributed by atoms with Crippen LogP contribution in [0.2, 0.25) is 0 Å². The van der Waals surface area contributed by atoms with Gasteiger partial charge < -0.3 is 28.7 Å². The molecule has 10 aromatic rings. The number of benzene rings is 10. The number of hydrogen-bond acceptors (Lipinski definition) is 6. The minimum atomic E-state index is -2.15. The summed E-state index contributed by atoms with van der Waals surface area (Å²) in [4.78, 5) is 9.88. The van der Waals surface area contributed by atoms with Crippen LogP contribution in [0.5, 0.6) is 46.0 Å². The molecular weight excluding hydrogens is 866 g/mol. The Hall–Kier alpha value is -8.52. The predicted molar refractivity (Wildman–Crippen MR) is 278 cm³/mol. The number of nitrogens with zero attached hydrogens (tertiary/aromatic N) is 2. The molecule has 0 radical (unpaired) electrons. The molecule has 0 atom stereocenters. The molecule has 0 saturated heterocycles. The number of anilines is 6. The number of ether oxygens (including phenoxy) is 4. The summed E-state index contributed by atoms with van der Waals surface area (Å²) in [6.45, 7) is -0.0167. The monoisotopic (exact) mass is 902 g/mol. The van der Waals surface area contributed by atoms with Gasteiger partial charge in [-0.3, -0.25) is 0 Å². The minimum Gasteiger partial charge on any atom is -0.458 e. The Bertz CT molecular complexity index is 3400. The molecule has 6 heterocycles. The van der Waals surface area contributed by atoms with Crippen molar-refractivity contribution >= 4 is 90.4 Å². The van der Waals surface area contributed by atoms with Crippen molar-refractivity contribution in [2.45, 2.75) is 19.6 Å². The first-order valence-electron chi connectivity index (χ1n) is 23.5. The lowest BCUT2D eigenvalue weighted by Crippen LogP contribution is -2.57. The van der Waals surface area contributed by atoms with E-state index in [9.17, 15) is 0 Å². The van der Waals surface area contributed by atoms with Crippen molar-refractivity contribution in [2.24, 2.45) is 0 Å². The van der Waals surface area contributed by atoms with Crippen LogP contribution < -0.4 is 61.5 Å². The molecule has 0 unspecified atom stereocenters. The molecule has 0 fully saturated rings. The first kappa shape index (κ1) is 37.6. The Morgan fingerprint density at radius 3 is 0.812 bits per heavy atom. The van der Waals surface area contributed by atoms with Gasteiger partial charge >= 0.3 is 0 Å². The summed E-state index contributed by atoms with van der Waals surface area (Å²) in [7, 11) is -2.15. The highest BCUT2D eigenvalue weighted by Gasteiger charge is 2.50. The van der Waals surface area contributed by atoms with Gasteiger partial charge in [-0.2, -0.15) is 0 Å². The second kappa shape index (κ2) is 13.8. The molecule has 0 aliphatic carbocycles. The summed E-state index contributed by atoms with van der Waals surface area (Å²) in [6, 6.07) is 78.6. The van der Waals surface area contributed by atoms with E-state index in [4.69, 9.17) is 18.9 Å². The summed E-state index contributed by atoms with van der Waals surface area (Å²) in [5.41, 5.74) is 13.1. The van der Waals surface area contributed by atoms with Gasteiger partial charge in [0.1, 0.15) is 46.0 Å². The molecule has 0 bridgehead atoms. The summed E-state index contributed by atoms with van der Waals surface area (Å²) < 4.78 is 27.5. The van der Waals surface area contributed by atoms with Crippen molar-refractivity contribution in [1.82, 2.24) is 0 Å². The van der Waals surface area contributed by atoms with Gasteiger partial charge in [0.25, 0.3) is 13.4 Å². The van der Waals surface area contributed by atoms with Crippen molar-refractivity contribution in [2.75, 3.05) is 9.80 Å². The average Bonchev–Trinajstić information content (AvgIpc) is 3.40. The second-order valence-electron chi connectivity index (χ2n) is 18.3. The second-order valence-corrected chi connectivity index (χ2v) is 21.3. The fourth-order valence-corrected chi connectivity index (χ4v) is 16.6. The van der Waals surface area contributed by atoms with E-state index in [-0.39, 0.29) is 13.4 Å². The maximum absolute atomic E-state index is 6.87. The smallest absolute Gasteiger partial charge is 0.260 e. The van der Waals surface area contributed by atoms with Gasteiger partial charge in [-0.05, 0) is 94.6 Å². The van der Waals surface area contributed by atoms with Gasteiger partial charge in [0.2, 0.25) is 0 Å². The number of rotatable bonds is 2. The van der Waals surface area contributed by atoms with E-state index >= 15 is 0 Å². The van der Waals surface area contributed by atoms with Crippen LogP contribution in [0.3, 0.4) is 0 Å². The molecule has 16 rings (SSSR count). The molecule has 0 saturated carbocycles. The molecule has 10 aromatic carbocycles. The maximum atomic E-state index is 6.87. The Labute approximate surface area is 401 Å². The summed E-state index contributed by atoms with van der Waals surface area (Å²) in [6.07, 6.45) is 0. The predicted octanol–water partition coefficient (Wildman–Crippen LogP) is 12.0. The first-order chi connectivity index (χ1) is 34.2. The largest absolute Gasteiger partial charge is 0.458 e. The van der Waals surface area contributed by atoms with Crippen LogP contribution in [0, 0.1) is 0 Å². The van der Waals surface area contributed by atoms with E-state index in [0.717, 1.165) is 113 Å². The normalized spacial score (nSPS) is 15.3. The molecule has 1 spiro atoms. The molecule has 322 valence electrons. The van der Waals surface area contributed by atoms with E-state index in [2.05, 4.69) is 228 Å². The summed E-state index contributed by atoms with van der Waals surface area (Å²) >= 11 is 0. The zero-order chi connectivity index (χ0) is 45.0. The first-order valence-corrected chi connectivity index (χ1v) is 25.1. The SMILES string of the molecule is c1ccc2c(c1)Oc1cc(N3c4ccccc4S4(c5ccccc53)c3ccccc3N(c3cc5c6c(c3)Oc3ccccc3B6c3ccccc3O5)c3ccccc34)cc3c1B2c1ccccc1O3. The van der Waals surface area contributed by atoms with E-state index in [1.807, 2.05) is 0 Å². The van der Waals surface area contributed by atoms with E-state index in [1.54, 1.807) is 0 Å². The number of para-hydroxylation sites is 8. The maximum Gasteiger partial charge on any atom is 0.260 e. The number of hydrogen-bond donors (Lipinski definition) is 0. The zero-order valence-electron chi connectivity index (χ0n) is 36.9. The van der Waals surface area contributed by atoms with Gasteiger partial charge in [0, 0.05) is 54.8 Å². The van der Waals surface area contributed by atoms with E-state index in [0.29, 0.717) is 0 Å². The Morgan fingerprint density at radius 1 is 0.275 bits per heavy atom. The fraction of sp³-hybridized carbons (Fsp3) is 0. The number of fused-ring (bicyclic) bond motifs is 16. The molecular formula is C60H36B2N2O4S. The zero-order valence-corrected chi connectivity index (χ0v) is 37.7. The van der Waals surface area contributed by atoms with Crippen LogP contribution in [0.25, 0.3) is 0 Å². The van der Waals surface area contributed by atoms with Crippen LogP contribution in [0.4, 0.5) is 34.1 Å². The molecule has 0 aromatic heterocycles. The standard InChI is InChI=1S/C60H36B2N2O4S/c1-9-25-47-39(17-1)61-40-18-2-10-26-48(40)66-52-34-37(33-51(65-47)59(52)61)63-43-21-5-13-29-55(43)69(56-30-14-6-22-44(56)63)57-31-15-7-23-45(57)64(46-24-8-16-32-58(46)69)38-35-53-60-54(36-38)68-50-28-12-4-20-42(50)62(60)41-19-3-11-27-49(41)67-53/h1-36H. The highest BCUT2D eigenvalue weighted by atomic mass is 32.3. The minimum absolute atomic E-state index is 0.00835. The third-order valence-electron chi connectivity index (χ3n) is 14.8. The van der Waals surface area contributed by atoms with Gasteiger partial charge in [-0.15, -0.1) is 10.0 Å². The van der Waals surface area contributed by atoms with Crippen molar-refractivity contribution in [1.29, 1.82) is 0 Å². The van der Waals surface area contributed by atoms with Crippen LogP contribution in [-0.2, 0) is 0 Å². The molecule has 0 amide bonds. The molecule has 6 nitrogen and oxygen atoms in total. The Kier molecular flexibility index (Phi) is 7.50. The lowest BCUT2D eigenvalue weighted by Gasteiger charge is -2.54. The van der Waals surface area contributed by atoms with Gasteiger partial charge in [-0.1, -0.05) is 121 Å². The quantitative estimate of drug-likeness (QED) is 0.161. The Morgan fingerprint density at radius 2 is 0.522 bits per heavy atom. The fourth-order valence-electron chi connectivity index (χ4n) is 12.1. The van der Waals surface area contributed by atoms with Crippen molar-refractivity contribution < 1.29 is 18.9 Å². The van der Waals surface area contributed by atoms with E-state index < -0.39 is 10.0 Å². The molecule has 6 aliphatic rings. The molecule has 0 N–H and O–H groups in total. The lowest BCUT2D eigenvalue weighted by molar-refractivity contribution is 0.464. The highest BCUT2D eigenvalue weighted by Crippen LogP contribution is 2.84. The summed E-state index contributed by atoms with van der Waals surface area (Å²) in [5.74, 6) is 6.71. The van der Waals surface area contributed by atoms with Crippen LogP contribution in [-0.4, -0.2) is 13.4 Å². The summed E-state index contributed by atoms with van der Waals surface area (Å²) in [5, 5.41) is 0. The van der Waals surface area contributed by atoms with Gasteiger partial charge in [0.05, 0.1) is 34.1 Å². The van der Waals surface area contributed by atoms with Gasteiger partial charge in [-0.25, -0.2) is 0 Å². The topological polar surface area (TPSA) is 43.4 Å². The third kappa shape index (κ3) is 4.94. The highest BCUT2D eigenvalue weighted by molar-refractivity contribution is 8.34. The lowest BCUT2D eigenvalue weighted by atomic mass is 9.35. The molecule has 69 heavy (non-hydrogen) atoms. The average molecular weight is 903 g/mol. The van der Waals surface area contributed by atoms with Crippen molar-refractivity contribution in [3.8, 4) is 46.0 Å².